The molecule has 0 amide bonds. The minimum absolute atomic E-state index is 0.124. The second-order valence-electron chi connectivity index (χ2n) is 14.8. The van der Waals surface area contributed by atoms with E-state index in [4.69, 9.17) is 54.7 Å². The lowest BCUT2D eigenvalue weighted by atomic mass is 9.89. The average molecular weight is 881 g/mol. The highest BCUT2D eigenvalue weighted by molar-refractivity contribution is 7.78. The van der Waals surface area contributed by atoms with E-state index < -0.39 is 31.4 Å². The van der Waals surface area contributed by atoms with Crippen molar-refractivity contribution in [3.05, 3.63) is 11.4 Å². The molecule has 2 aliphatic rings. The first kappa shape index (κ1) is 55.2. The van der Waals surface area contributed by atoms with Crippen molar-refractivity contribution in [2.75, 3.05) is 60.5 Å². The number of halogens is 1. The van der Waals surface area contributed by atoms with Gasteiger partial charge in [-0.2, -0.15) is 5.26 Å². The summed E-state index contributed by atoms with van der Waals surface area (Å²) >= 11 is 6.14. The number of rotatable bonds is 22. The van der Waals surface area contributed by atoms with Crippen molar-refractivity contribution in [2.45, 2.75) is 150 Å². The van der Waals surface area contributed by atoms with E-state index in [0.717, 1.165) is 51.4 Å². The normalized spacial score (nSPS) is 21.9. The molecule has 2 saturated carbocycles. The molecule has 0 aliphatic heterocycles. The lowest BCUT2D eigenvalue weighted by Gasteiger charge is -2.39. The van der Waals surface area contributed by atoms with Crippen LogP contribution in [-0.2, 0) is 40.8 Å². The number of hydrogen-bond donors (Lipinski definition) is 1. The summed E-state index contributed by atoms with van der Waals surface area (Å²) in [5.41, 5.74) is 0. The van der Waals surface area contributed by atoms with Gasteiger partial charge in [0.2, 0.25) is 14.2 Å². The Morgan fingerprint density at radius 1 is 0.745 bits per heavy atom. The molecular formula is C36H73ClN4O10P4. The summed E-state index contributed by atoms with van der Waals surface area (Å²) in [6.45, 7) is 24.7. The van der Waals surface area contributed by atoms with Crippen molar-refractivity contribution in [3.8, 4) is 6.07 Å². The minimum atomic E-state index is -2.96. The summed E-state index contributed by atoms with van der Waals surface area (Å²) in [6.07, 6.45) is 8.38. The number of nitriles is 1. The third kappa shape index (κ3) is 23.0. The maximum Gasteiger partial charge on any atom is 0.330 e. The number of nitrogens with zero attached hydrogens (tertiary/aromatic N) is 4. The zero-order chi connectivity index (χ0) is 42.2. The van der Waals surface area contributed by atoms with Crippen LogP contribution in [0.5, 0.6) is 0 Å². The van der Waals surface area contributed by atoms with Crippen LogP contribution in [-0.4, -0.2) is 111 Å². The molecule has 2 unspecified atom stereocenters. The Bertz CT molecular complexity index is 1150. The van der Waals surface area contributed by atoms with Gasteiger partial charge in [-0.15, -0.1) is 0 Å². The van der Waals surface area contributed by atoms with Crippen LogP contribution in [0.1, 0.15) is 113 Å². The molecule has 0 radical (unpaired) electrons. The Balaban J connectivity index is 0.000000876. The Kier molecular flexibility index (Phi) is 30.4. The van der Waals surface area contributed by atoms with Crippen molar-refractivity contribution in [3.63, 3.8) is 0 Å². The van der Waals surface area contributed by atoms with Crippen LogP contribution in [0.2, 0.25) is 0 Å². The van der Waals surface area contributed by atoms with Crippen LogP contribution >= 0.6 is 42.6 Å². The van der Waals surface area contributed by atoms with Crippen LogP contribution < -0.4 is 0 Å². The molecule has 0 bridgehead atoms. The van der Waals surface area contributed by atoms with E-state index in [1.165, 1.54) is 28.4 Å². The molecule has 19 heteroatoms. The van der Waals surface area contributed by atoms with Crippen LogP contribution in [0.4, 0.5) is 0 Å². The highest BCUT2D eigenvalue weighted by atomic mass is 35.7. The highest BCUT2D eigenvalue weighted by Crippen LogP contribution is 2.53. The van der Waals surface area contributed by atoms with Gasteiger partial charge in [0.25, 0.3) is 8.53 Å². The van der Waals surface area contributed by atoms with Gasteiger partial charge in [-0.3, -0.25) is 9.13 Å². The zero-order valence-corrected chi connectivity index (χ0v) is 39.9. The predicted molar refractivity (Wildman–Crippen MR) is 225 cm³/mol. The fraction of sp³-hybridized carbons (Fsp3) is 0.944. The predicted octanol–water partition coefficient (Wildman–Crippen LogP) is 10.9. The largest absolute Gasteiger partial charge is 0.393 e. The van der Waals surface area contributed by atoms with Crippen LogP contribution in [0.3, 0.4) is 0 Å². The van der Waals surface area contributed by atoms with Crippen LogP contribution in [0.25, 0.3) is 4.85 Å². The van der Waals surface area contributed by atoms with Crippen LogP contribution in [0.15, 0.2) is 0 Å². The fourth-order valence-electron chi connectivity index (χ4n) is 6.44. The first-order chi connectivity index (χ1) is 25.9. The molecule has 0 aromatic heterocycles. The van der Waals surface area contributed by atoms with Gasteiger partial charge in [0.15, 0.2) is 0 Å². The van der Waals surface area contributed by atoms with E-state index in [-0.39, 0.29) is 12.2 Å². The number of aliphatic hydroxyl groups excluding tert-OH is 1. The Morgan fingerprint density at radius 3 is 1.53 bits per heavy atom. The molecule has 2 fully saturated rings. The van der Waals surface area contributed by atoms with Crippen molar-refractivity contribution >= 4 is 42.6 Å². The quantitative estimate of drug-likeness (QED) is 0.0624. The lowest BCUT2D eigenvalue weighted by Crippen LogP contribution is -2.35. The molecule has 55 heavy (non-hydrogen) atoms. The second kappa shape index (κ2) is 30.3. The molecule has 14 nitrogen and oxygen atoms in total. The summed E-state index contributed by atoms with van der Waals surface area (Å²) in [6, 6.07) is 3.45. The molecule has 2 atom stereocenters. The van der Waals surface area contributed by atoms with Crippen LogP contribution in [0, 0.1) is 29.7 Å². The molecule has 2 rings (SSSR count). The smallest absolute Gasteiger partial charge is 0.330 e. The molecule has 0 saturated heterocycles. The molecule has 0 heterocycles. The maximum atomic E-state index is 12.3. The van der Waals surface area contributed by atoms with E-state index in [9.17, 15) is 14.2 Å². The Labute approximate surface area is 341 Å². The summed E-state index contributed by atoms with van der Waals surface area (Å²) in [5.74, 6) is 0.691. The molecule has 0 aromatic carbocycles. The molecule has 324 valence electrons. The van der Waals surface area contributed by atoms with Gasteiger partial charge in [0.1, 0.15) is 6.61 Å². The summed E-state index contributed by atoms with van der Waals surface area (Å²) < 4.78 is 66.2. The van der Waals surface area contributed by atoms with Crippen molar-refractivity contribution in [1.29, 1.82) is 5.26 Å². The Morgan fingerprint density at radius 2 is 1.16 bits per heavy atom. The minimum Gasteiger partial charge on any atom is -0.393 e. The number of hydrogen-bond acceptors (Lipinski definition) is 13. The number of aliphatic hydroxyl groups is 1. The third-order valence-electron chi connectivity index (χ3n) is 9.23. The maximum absolute atomic E-state index is 12.3. The molecule has 2 aliphatic carbocycles. The van der Waals surface area contributed by atoms with Gasteiger partial charge < -0.3 is 41.6 Å². The summed E-state index contributed by atoms with van der Waals surface area (Å²) in [5, 5.41) is 18.1. The van der Waals surface area contributed by atoms with E-state index >= 15 is 0 Å². The summed E-state index contributed by atoms with van der Waals surface area (Å²) in [4.78, 5) is 3.21. The van der Waals surface area contributed by atoms with Gasteiger partial charge in [-0.05, 0) is 130 Å². The van der Waals surface area contributed by atoms with E-state index in [1.54, 1.807) is 0 Å². The van der Waals surface area contributed by atoms with Gasteiger partial charge in [0.05, 0.1) is 43.6 Å². The molecule has 0 aromatic rings. The van der Waals surface area contributed by atoms with E-state index in [2.05, 4.69) is 75.6 Å². The fourth-order valence-corrected chi connectivity index (χ4v) is 13.4. The van der Waals surface area contributed by atoms with E-state index in [1.807, 2.05) is 0 Å². The zero-order valence-electron chi connectivity index (χ0n) is 35.6. The van der Waals surface area contributed by atoms with Crippen molar-refractivity contribution in [2.24, 2.45) is 11.8 Å². The monoisotopic (exact) mass is 880 g/mol. The Hall–Kier alpha value is 0.190. The van der Waals surface area contributed by atoms with Crippen molar-refractivity contribution in [1.82, 2.24) is 9.34 Å². The van der Waals surface area contributed by atoms with Crippen molar-refractivity contribution < 1.29 is 45.9 Å². The summed E-state index contributed by atoms with van der Waals surface area (Å²) in [7, 11) is -2.37. The van der Waals surface area contributed by atoms with Gasteiger partial charge in [-0.1, -0.05) is 0 Å². The standard InChI is InChI=1S/C18H36N2O5P2.C9H18ClN2OP.C9H19O4P/c1-15(2)20(16(3)4)26(24-13-7-12-19)25-18-10-8-17(9-11-18)14-27(21,22-5)23-6;1-8(2)12(9(3)4)14(10)13-7-6-11-5;1-12-14(11,13-2)7-8-3-5-9(10)6-4-8/h15-18H,7-11,13-14H2,1-6H3;8-9H,6-7H2,1-4H3;8-10H,3-7H2,1-2H3. The average Bonchev–Trinajstić information content (AvgIpc) is 3.13. The van der Waals surface area contributed by atoms with Gasteiger partial charge in [0, 0.05) is 52.6 Å². The molecule has 0 spiro atoms. The third-order valence-corrected chi connectivity index (χ3v) is 18.1. The lowest BCUT2D eigenvalue weighted by molar-refractivity contribution is 0.0959. The second-order valence-corrected chi connectivity index (χ2v) is 22.9. The first-order valence-electron chi connectivity index (χ1n) is 19.4. The SMILES string of the molecule is COP(=O)(CC1CCC(O)CC1)OC.COP(=O)(CC1CCC(OP(OCCC#N)N(C(C)C)C(C)C)CC1)OC.[C-]#[N+]CCOP(Cl)N(C(C)C)C(C)C. The van der Waals surface area contributed by atoms with Gasteiger partial charge >= 0.3 is 15.2 Å². The first-order valence-corrected chi connectivity index (χ1v) is 26.1. The van der Waals surface area contributed by atoms with E-state index in [0.29, 0.717) is 74.5 Å². The van der Waals surface area contributed by atoms with Gasteiger partial charge in [-0.25, -0.2) is 15.9 Å². The molecular weight excluding hydrogens is 808 g/mol. The molecule has 1 N–H and O–H groups in total. The highest BCUT2D eigenvalue weighted by Gasteiger charge is 2.35. The topological polar surface area (TPSA) is 154 Å².